The normalized spacial score (nSPS) is 15.2. The van der Waals surface area contributed by atoms with Crippen LogP contribution in [0.25, 0.3) is 5.95 Å². The van der Waals surface area contributed by atoms with E-state index in [4.69, 9.17) is 4.74 Å². The number of hydrogen-bond acceptors (Lipinski definition) is 5. The molecule has 0 radical (unpaired) electrons. The average molecular weight is 425 g/mol. The summed E-state index contributed by atoms with van der Waals surface area (Å²) in [5.41, 5.74) is 4.14. The smallest absolute Gasteiger partial charge is 0.252 e. The third-order valence-corrected chi connectivity index (χ3v) is 5.63. The van der Waals surface area contributed by atoms with Gasteiger partial charge in [0.1, 0.15) is 11.6 Å². The highest BCUT2D eigenvalue weighted by Gasteiger charge is 2.33. The van der Waals surface area contributed by atoms with Crippen molar-refractivity contribution in [3.8, 4) is 11.7 Å². The number of benzene rings is 2. The minimum atomic E-state index is -0.0884. The van der Waals surface area contributed by atoms with Crippen LogP contribution in [0.3, 0.4) is 0 Å². The number of nitrogens with zero attached hydrogens (tertiary/aromatic N) is 4. The Hall–Kier alpha value is -4.00. The summed E-state index contributed by atoms with van der Waals surface area (Å²) in [6.07, 6.45) is 4.53. The molecule has 1 atom stereocenters. The molecule has 0 saturated heterocycles. The molecule has 32 heavy (non-hydrogen) atoms. The number of fused-ring (bicyclic) bond motifs is 1. The summed E-state index contributed by atoms with van der Waals surface area (Å²) in [5.74, 6) is 1.74. The Balaban J connectivity index is 1.37. The lowest BCUT2D eigenvalue weighted by Gasteiger charge is -2.24. The van der Waals surface area contributed by atoms with Crippen molar-refractivity contribution in [3.63, 3.8) is 0 Å². The first kappa shape index (κ1) is 19.9. The van der Waals surface area contributed by atoms with E-state index >= 15 is 0 Å². The lowest BCUT2D eigenvalue weighted by atomic mass is 9.86. The van der Waals surface area contributed by atoms with E-state index in [9.17, 15) is 4.79 Å². The maximum Gasteiger partial charge on any atom is 0.252 e. The van der Waals surface area contributed by atoms with Gasteiger partial charge in [0, 0.05) is 36.7 Å². The predicted molar refractivity (Wildman–Crippen MR) is 121 cm³/mol. The van der Waals surface area contributed by atoms with Gasteiger partial charge in [0.15, 0.2) is 0 Å². The number of carbonyl (C=O) groups excluding carboxylic acids is 1. The summed E-state index contributed by atoms with van der Waals surface area (Å²) in [6, 6.07) is 20.0. The molecule has 7 nitrogen and oxygen atoms in total. The Morgan fingerprint density at radius 2 is 1.78 bits per heavy atom. The molecule has 2 aromatic carbocycles. The number of hydrogen-bond donors (Lipinski definition) is 1. The van der Waals surface area contributed by atoms with Crippen molar-refractivity contribution in [1.29, 1.82) is 0 Å². The molecule has 0 fully saturated rings. The molecule has 1 N–H and O–H groups in total. The van der Waals surface area contributed by atoms with Crippen molar-refractivity contribution in [2.75, 3.05) is 11.9 Å². The first-order chi connectivity index (χ1) is 15.7. The summed E-state index contributed by atoms with van der Waals surface area (Å²) < 4.78 is 7.52. The summed E-state index contributed by atoms with van der Waals surface area (Å²) in [7, 11) is 0. The van der Waals surface area contributed by atoms with E-state index in [0.29, 0.717) is 24.8 Å². The quantitative estimate of drug-likeness (QED) is 0.504. The van der Waals surface area contributed by atoms with Crippen LogP contribution in [0.4, 0.5) is 5.82 Å². The Morgan fingerprint density at radius 3 is 2.53 bits per heavy atom. The monoisotopic (exact) mass is 425 g/mol. The van der Waals surface area contributed by atoms with Gasteiger partial charge in [0.25, 0.3) is 5.95 Å². The van der Waals surface area contributed by atoms with Crippen LogP contribution in [0.15, 0.2) is 73.1 Å². The van der Waals surface area contributed by atoms with E-state index in [1.54, 1.807) is 23.1 Å². The molecule has 1 aliphatic heterocycles. The van der Waals surface area contributed by atoms with Gasteiger partial charge in [-0.15, -0.1) is 0 Å². The average Bonchev–Trinajstić information content (AvgIpc) is 3.16. The molecule has 0 bridgehead atoms. The van der Waals surface area contributed by atoms with Crippen molar-refractivity contribution in [2.24, 2.45) is 0 Å². The fourth-order valence-corrected chi connectivity index (χ4v) is 4.10. The maximum atomic E-state index is 12.5. The van der Waals surface area contributed by atoms with Crippen LogP contribution >= 0.6 is 0 Å². The number of amides is 1. The first-order valence-corrected chi connectivity index (χ1v) is 10.6. The third kappa shape index (κ3) is 3.97. The second kappa shape index (κ2) is 8.63. The molecule has 0 saturated carbocycles. The lowest BCUT2D eigenvalue weighted by molar-refractivity contribution is -0.116. The van der Waals surface area contributed by atoms with Crippen molar-refractivity contribution < 1.29 is 9.53 Å². The second-order valence-corrected chi connectivity index (χ2v) is 7.77. The molecule has 160 valence electrons. The van der Waals surface area contributed by atoms with E-state index in [1.165, 1.54) is 5.56 Å². The van der Waals surface area contributed by atoms with Gasteiger partial charge in [-0.05, 0) is 36.2 Å². The van der Waals surface area contributed by atoms with Crippen molar-refractivity contribution in [3.05, 3.63) is 95.4 Å². The number of ether oxygens (including phenoxy) is 1. The molecule has 1 unspecified atom stereocenters. The Bertz CT molecular complexity index is 1220. The molecular formula is C25H23N5O2. The van der Waals surface area contributed by atoms with Crippen LogP contribution in [-0.4, -0.2) is 32.3 Å². The topological polar surface area (TPSA) is 81.9 Å². The zero-order valence-corrected chi connectivity index (χ0v) is 17.7. The van der Waals surface area contributed by atoms with Gasteiger partial charge in [0.2, 0.25) is 5.91 Å². The molecule has 3 heterocycles. The van der Waals surface area contributed by atoms with Gasteiger partial charge in [-0.2, -0.15) is 9.78 Å². The predicted octanol–water partition coefficient (Wildman–Crippen LogP) is 4.07. The molecule has 1 amide bonds. The van der Waals surface area contributed by atoms with E-state index < -0.39 is 0 Å². The van der Waals surface area contributed by atoms with Crippen LogP contribution in [0.5, 0.6) is 5.75 Å². The summed E-state index contributed by atoms with van der Waals surface area (Å²) >= 11 is 0. The fraction of sp³-hybridized carbons (Fsp3) is 0.200. The molecule has 1 aliphatic rings. The van der Waals surface area contributed by atoms with Crippen molar-refractivity contribution in [2.45, 2.75) is 25.7 Å². The fourth-order valence-electron chi connectivity index (χ4n) is 4.10. The van der Waals surface area contributed by atoms with Crippen LogP contribution in [0.2, 0.25) is 0 Å². The van der Waals surface area contributed by atoms with E-state index in [1.807, 2.05) is 49.4 Å². The van der Waals surface area contributed by atoms with Gasteiger partial charge in [-0.3, -0.25) is 4.79 Å². The van der Waals surface area contributed by atoms with E-state index in [2.05, 4.69) is 32.5 Å². The Labute approximate surface area is 186 Å². The highest BCUT2D eigenvalue weighted by Crippen LogP contribution is 2.40. The summed E-state index contributed by atoms with van der Waals surface area (Å²) in [5, 5.41) is 7.57. The summed E-state index contributed by atoms with van der Waals surface area (Å²) in [4.78, 5) is 21.1. The first-order valence-electron chi connectivity index (χ1n) is 10.6. The minimum Gasteiger partial charge on any atom is -0.493 e. The second-order valence-electron chi connectivity index (χ2n) is 7.77. The van der Waals surface area contributed by atoms with Gasteiger partial charge < -0.3 is 10.1 Å². The van der Waals surface area contributed by atoms with Gasteiger partial charge in [-0.1, -0.05) is 42.5 Å². The molecule has 2 aromatic heterocycles. The molecule has 7 heteroatoms. The number of nitrogens with one attached hydrogen (secondary N) is 1. The number of rotatable bonds is 6. The molecule has 4 aromatic rings. The SMILES string of the molecule is Cc1nn(-c2ncccn2)c2c1C(c1ccc(OCCc3ccccc3)cc1)CC(=O)N2. The number of aromatic nitrogens is 4. The van der Waals surface area contributed by atoms with Crippen molar-refractivity contribution >= 4 is 11.7 Å². The highest BCUT2D eigenvalue weighted by atomic mass is 16.5. The highest BCUT2D eigenvalue weighted by molar-refractivity contribution is 5.95. The minimum absolute atomic E-state index is 0.0530. The van der Waals surface area contributed by atoms with Crippen LogP contribution in [0.1, 0.15) is 34.7 Å². The van der Waals surface area contributed by atoms with Gasteiger partial charge in [-0.25, -0.2) is 9.97 Å². The van der Waals surface area contributed by atoms with Crippen LogP contribution in [0, 0.1) is 6.92 Å². The standard InChI is InChI=1S/C25H23N5O2/c1-17-23-21(16-22(31)28-24(23)30(29-17)25-26-13-5-14-27-25)19-8-10-20(11-9-19)32-15-12-18-6-3-2-4-7-18/h2-11,13-14,21H,12,15-16H2,1H3,(H,28,31). The lowest BCUT2D eigenvalue weighted by Crippen LogP contribution is -2.25. The van der Waals surface area contributed by atoms with Crippen molar-refractivity contribution in [1.82, 2.24) is 19.7 Å². The molecule has 0 spiro atoms. The van der Waals surface area contributed by atoms with Crippen LogP contribution in [-0.2, 0) is 11.2 Å². The maximum absolute atomic E-state index is 12.5. The van der Waals surface area contributed by atoms with Crippen LogP contribution < -0.4 is 10.1 Å². The number of carbonyl (C=O) groups is 1. The largest absolute Gasteiger partial charge is 0.493 e. The molecule has 0 aliphatic carbocycles. The molecule has 5 rings (SSSR count). The Kier molecular flexibility index (Phi) is 5.37. The molecular weight excluding hydrogens is 402 g/mol. The third-order valence-electron chi connectivity index (χ3n) is 5.63. The van der Waals surface area contributed by atoms with E-state index in [0.717, 1.165) is 29.0 Å². The summed E-state index contributed by atoms with van der Waals surface area (Å²) in [6.45, 7) is 2.56. The zero-order chi connectivity index (χ0) is 21.9. The zero-order valence-electron chi connectivity index (χ0n) is 17.7. The van der Waals surface area contributed by atoms with E-state index in [-0.39, 0.29) is 11.8 Å². The number of anilines is 1. The van der Waals surface area contributed by atoms with Gasteiger partial charge in [0.05, 0.1) is 12.3 Å². The Morgan fingerprint density at radius 1 is 1.03 bits per heavy atom. The van der Waals surface area contributed by atoms with Gasteiger partial charge >= 0.3 is 0 Å². The number of aryl methyl sites for hydroxylation is 1.